The van der Waals surface area contributed by atoms with Crippen molar-refractivity contribution in [3.8, 4) is 0 Å². The van der Waals surface area contributed by atoms with Crippen LogP contribution in [0.1, 0.15) is 20.8 Å². The Morgan fingerprint density at radius 1 is 1.45 bits per heavy atom. The second kappa shape index (κ2) is 5.42. The van der Waals surface area contributed by atoms with Gasteiger partial charge in [0, 0.05) is 0 Å². The maximum Gasteiger partial charge on any atom is 0.162 e. The Morgan fingerprint density at radius 2 is 2.00 bits per heavy atom. The lowest BCUT2D eigenvalue weighted by Crippen LogP contribution is -2.13. The van der Waals surface area contributed by atoms with Crippen LogP contribution in [0.5, 0.6) is 0 Å². The Hall–Kier alpha value is -0.240. The van der Waals surface area contributed by atoms with E-state index >= 15 is 0 Å². The minimum absolute atomic E-state index is 0.237. The summed E-state index contributed by atoms with van der Waals surface area (Å²) in [5.41, 5.74) is 0. The van der Waals surface area contributed by atoms with Crippen LogP contribution in [0.4, 0.5) is 0 Å². The van der Waals surface area contributed by atoms with Crippen LogP contribution in [0.25, 0.3) is 0 Å². The molecular formula is C9H15BrO. The third-order valence-electron chi connectivity index (χ3n) is 1.49. The summed E-state index contributed by atoms with van der Waals surface area (Å²) < 4.78 is 6.20. The normalized spacial score (nSPS) is 14.8. The van der Waals surface area contributed by atoms with Gasteiger partial charge >= 0.3 is 0 Å². The predicted octanol–water partition coefficient (Wildman–Crippen LogP) is 3.47. The molecule has 0 aliphatic heterocycles. The zero-order valence-electron chi connectivity index (χ0n) is 7.30. The van der Waals surface area contributed by atoms with Gasteiger partial charge in [-0.25, -0.2) is 0 Å². The van der Waals surface area contributed by atoms with Crippen LogP contribution in [-0.2, 0) is 4.74 Å². The van der Waals surface area contributed by atoms with E-state index in [-0.39, 0.29) is 6.10 Å². The van der Waals surface area contributed by atoms with Gasteiger partial charge in [0.2, 0.25) is 0 Å². The van der Waals surface area contributed by atoms with Crippen LogP contribution in [0, 0.1) is 5.92 Å². The fourth-order valence-electron chi connectivity index (χ4n) is 0.446. The molecule has 1 nitrogen and oxygen atoms in total. The van der Waals surface area contributed by atoms with Crippen molar-refractivity contribution in [3.05, 3.63) is 23.4 Å². The number of allylic oxidation sites excluding steroid dienone is 2. The van der Waals surface area contributed by atoms with Crippen molar-refractivity contribution in [2.75, 3.05) is 0 Å². The molecule has 64 valence electrons. The van der Waals surface area contributed by atoms with Crippen LogP contribution in [0.15, 0.2) is 23.4 Å². The van der Waals surface area contributed by atoms with Gasteiger partial charge in [-0.3, -0.25) is 0 Å². The molecule has 0 spiro atoms. The van der Waals surface area contributed by atoms with E-state index in [0.29, 0.717) is 5.92 Å². The molecule has 0 fully saturated rings. The van der Waals surface area contributed by atoms with E-state index in [2.05, 4.69) is 36.4 Å². The van der Waals surface area contributed by atoms with Crippen molar-refractivity contribution in [3.63, 3.8) is 0 Å². The molecule has 0 bridgehead atoms. The third-order valence-corrected chi connectivity index (χ3v) is 1.94. The van der Waals surface area contributed by atoms with Crippen molar-refractivity contribution < 1.29 is 4.74 Å². The minimum atomic E-state index is 0.237. The maximum atomic E-state index is 5.46. The van der Waals surface area contributed by atoms with E-state index in [0.717, 1.165) is 4.67 Å². The number of rotatable bonds is 4. The Bertz CT molecular complexity index is 150. The smallest absolute Gasteiger partial charge is 0.162 e. The fourth-order valence-corrected chi connectivity index (χ4v) is 0.927. The van der Waals surface area contributed by atoms with Crippen molar-refractivity contribution in [2.24, 2.45) is 5.92 Å². The SMILES string of the molecule is C=C/C=C(/Br)O[C@H](C)C(C)C. The van der Waals surface area contributed by atoms with E-state index in [1.165, 1.54) is 0 Å². The van der Waals surface area contributed by atoms with Crippen LogP contribution in [0.2, 0.25) is 0 Å². The molecule has 0 amide bonds. The molecule has 0 saturated heterocycles. The first kappa shape index (κ1) is 10.8. The summed E-state index contributed by atoms with van der Waals surface area (Å²) in [6.45, 7) is 9.86. The fraction of sp³-hybridized carbons (Fsp3) is 0.556. The standard InChI is InChI=1S/C9H15BrO/c1-5-6-9(10)11-8(4)7(2)3/h5-8H,1H2,2-4H3/b9-6-/t8-/m1/s1. The van der Waals surface area contributed by atoms with Crippen molar-refractivity contribution in [2.45, 2.75) is 26.9 Å². The first-order valence-corrected chi connectivity index (χ1v) is 4.52. The molecule has 1 atom stereocenters. The highest BCUT2D eigenvalue weighted by atomic mass is 79.9. The summed E-state index contributed by atoms with van der Waals surface area (Å²) in [4.78, 5) is 0. The lowest BCUT2D eigenvalue weighted by molar-refractivity contribution is 0.112. The highest BCUT2D eigenvalue weighted by Crippen LogP contribution is 2.15. The lowest BCUT2D eigenvalue weighted by Gasteiger charge is -2.16. The van der Waals surface area contributed by atoms with Gasteiger partial charge in [0.05, 0.1) is 6.10 Å². The molecule has 0 rings (SSSR count). The van der Waals surface area contributed by atoms with Gasteiger partial charge in [-0.05, 0) is 34.8 Å². The van der Waals surface area contributed by atoms with Crippen molar-refractivity contribution >= 4 is 15.9 Å². The summed E-state index contributed by atoms with van der Waals surface area (Å²) in [5.74, 6) is 0.528. The second-order valence-electron chi connectivity index (χ2n) is 2.77. The first-order valence-electron chi connectivity index (χ1n) is 3.72. The van der Waals surface area contributed by atoms with E-state index in [4.69, 9.17) is 4.74 Å². The Kier molecular flexibility index (Phi) is 5.30. The van der Waals surface area contributed by atoms with Crippen LogP contribution >= 0.6 is 15.9 Å². The molecule has 0 aromatic carbocycles. The molecule has 11 heavy (non-hydrogen) atoms. The summed E-state index contributed by atoms with van der Waals surface area (Å²) in [6.07, 6.45) is 3.72. The van der Waals surface area contributed by atoms with Crippen LogP contribution in [0.3, 0.4) is 0 Å². The summed E-state index contributed by atoms with van der Waals surface area (Å²) >= 11 is 3.27. The molecule has 0 aliphatic rings. The van der Waals surface area contributed by atoms with Gasteiger partial charge in [-0.2, -0.15) is 0 Å². The van der Waals surface area contributed by atoms with Gasteiger partial charge < -0.3 is 4.74 Å². The van der Waals surface area contributed by atoms with Crippen molar-refractivity contribution in [1.29, 1.82) is 0 Å². The van der Waals surface area contributed by atoms with Crippen LogP contribution in [-0.4, -0.2) is 6.10 Å². The zero-order valence-corrected chi connectivity index (χ0v) is 8.89. The summed E-state index contributed by atoms with van der Waals surface area (Å²) in [6, 6.07) is 0. The van der Waals surface area contributed by atoms with Gasteiger partial charge in [0.1, 0.15) is 0 Å². The van der Waals surface area contributed by atoms with Gasteiger partial charge in [0.25, 0.3) is 0 Å². The second-order valence-corrected chi connectivity index (χ2v) is 3.56. The molecule has 0 heterocycles. The molecule has 0 aliphatic carbocycles. The highest BCUT2D eigenvalue weighted by Gasteiger charge is 2.07. The van der Waals surface area contributed by atoms with E-state index in [9.17, 15) is 0 Å². The quantitative estimate of drug-likeness (QED) is 0.519. The molecule has 0 aromatic rings. The first-order chi connectivity index (χ1) is 5.07. The third kappa shape index (κ3) is 5.08. The lowest BCUT2D eigenvalue weighted by atomic mass is 10.1. The molecule has 2 heteroatoms. The summed E-state index contributed by atoms with van der Waals surface area (Å²) in [7, 11) is 0. The van der Waals surface area contributed by atoms with E-state index < -0.39 is 0 Å². The highest BCUT2D eigenvalue weighted by molar-refractivity contribution is 9.11. The monoisotopic (exact) mass is 218 g/mol. The van der Waals surface area contributed by atoms with Gasteiger partial charge in [-0.1, -0.05) is 26.5 Å². The maximum absolute atomic E-state index is 5.46. The molecule has 0 aromatic heterocycles. The molecular weight excluding hydrogens is 204 g/mol. The molecule has 0 unspecified atom stereocenters. The summed E-state index contributed by atoms with van der Waals surface area (Å²) in [5, 5.41) is 0. The van der Waals surface area contributed by atoms with Crippen molar-refractivity contribution in [1.82, 2.24) is 0 Å². The largest absolute Gasteiger partial charge is 0.484 e. The molecule has 0 saturated carbocycles. The number of hydrogen-bond acceptors (Lipinski definition) is 1. The van der Waals surface area contributed by atoms with E-state index in [1.807, 2.05) is 6.92 Å². The van der Waals surface area contributed by atoms with E-state index in [1.54, 1.807) is 12.2 Å². The average molecular weight is 219 g/mol. The zero-order chi connectivity index (χ0) is 8.85. The Balaban J connectivity index is 3.84. The van der Waals surface area contributed by atoms with Gasteiger partial charge in [-0.15, -0.1) is 0 Å². The number of halogens is 1. The Morgan fingerprint density at radius 3 is 2.36 bits per heavy atom. The number of hydrogen-bond donors (Lipinski definition) is 0. The Labute approximate surface area is 77.3 Å². The number of ether oxygens (including phenoxy) is 1. The minimum Gasteiger partial charge on any atom is -0.484 e. The molecule has 0 N–H and O–H groups in total. The van der Waals surface area contributed by atoms with Crippen LogP contribution < -0.4 is 0 Å². The average Bonchev–Trinajstić information content (AvgIpc) is 1.87. The topological polar surface area (TPSA) is 9.23 Å². The molecule has 0 radical (unpaired) electrons. The predicted molar refractivity (Wildman–Crippen MR) is 52.6 cm³/mol. The van der Waals surface area contributed by atoms with Gasteiger partial charge in [0.15, 0.2) is 4.67 Å².